The first-order valence-corrected chi connectivity index (χ1v) is 8.69. The SMILES string of the molecule is CCC1O[C@@H]2C[C@H](C=C=CBr)O[C@@H]2C/C=C\C[C@@H]1Br. The highest BCUT2D eigenvalue weighted by Crippen LogP contribution is 2.31. The van der Waals surface area contributed by atoms with Crippen LogP contribution in [-0.4, -0.2) is 29.2 Å². The van der Waals surface area contributed by atoms with Gasteiger partial charge in [0, 0.05) is 16.2 Å². The lowest BCUT2D eigenvalue weighted by Crippen LogP contribution is -2.32. The highest BCUT2D eigenvalue weighted by Gasteiger charge is 2.37. The van der Waals surface area contributed by atoms with Crippen molar-refractivity contribution in [2.75, 3.05) is 0 Å². The second-order valence-electron chi connectivity index (χ2n) is 4.97. The molecular weight excluding hydrogens is 372 g/mol. The molecule has 0 amide bonds. The van der Waals surface area contributed by atoms with Crippen LogP contribution >= 0.6 is 31.9 Å². The van der Waals surface area contributed by atoms with E-state index >= 15 is 0 Å². The second-order valence-corrected chi connectivity index (χ2v) is 6.61. The fourth-order valence-corrected chi connectivity index (χ4v) is 3.49. The van der Waals surface area contributed by atoms with E-state index in [2.05, 4.69) is 56.7 Å². The van der Waals surface area contributed by atoms with Crippen LogP contribution in [0.3, 0.4) is 0 Å². The zero-order valence-corrected chi connectivity index (χ0v) is 14.3. The molecule has 1 unspecified atom stereocenters. The maximum atomic E-state index is 6.29. The van der Waals surface area contributed by atoms with Gasteiger partial charge in [-0.3, -0.25) is 0 Å². The van der Waals surface area contributed by atoms with E-state index in [1.165, 1.54) is 0 Å². The standard InChI is InChI=1S/C15H20Br2O2/c1-2-13-12(17)7-3-4-8-14-15(19-13)10-11(18-14)6-5-9-16/h3-4,6,9,11-15H,2,7-8,10H2,1H3/b4-3-/t5?,11-,12-,13?,14+,15+/m0/s1. The number of alkyl halides is 1. The van der Waals surface area contributed by atoms with Crippen molar-refractivity contribution >= 4 is 31.9 Å². The van der Waals surface area contributed by atoms with Gasteiger partial charge in [0.1, 0.15) is 0 Å². The Morgan fingerprint density at radius 3 is 2.79 bits per heavy atom. The second kappa shape index (κ2) is 7.80. The number of halogens is 2. The molecule has 0 aliphatic carbocycles. The Morgan fingerprint density at radius 2 is 2.05 bits per heavy atom. The van der Waals surface area contributed by atoms with Crippen LogP contribution in [0.4, 0.5) is 0 Å². The molecule has 0 aromatic heterocycles. The average Bonchev–Trinajstić information content (AvgIpc) is 2.81. The fourth-order valence-electron chi connectivity index (χ4n) is 2.62. The first-order valence-electron chi connectivity index (χ1n) is 6.85. The molecule has 0 aromatic rings. The Balaban J connectivity index is 2.08. The molecule has 2 nitrogen and oxygen atoms in total. The van der Waals surface area contributed by atoms with E-state index in [0.717, 1.165) is 25.7 Å². The summed E-state index contributed by atoms with van der Waals surface area (Å²) in [6.45, 7) is 2.18. The largest absolute Gasteiger partial charge is 0.371 e. The van der Waals surface area contributed by atoms with Crippen molar-refractivity contribution in [3.63, 3.8) is 0 Å². The first kappa shape index (κ1) is 15.5. The minimum absolute atomic E-state index is 0.114. The van der Waals surface area contributed by atoms with E-state index in [0.29, 0.717) is 4.83 Å². The summed E-state index contributed by atoms with van der Waals surface area (Å²) >= 11 is 6.97. The predicted molar refractivity (Wildman–Crippen MR) is 84.9 cm³/mol. The van der Waals surface area contributed by atoms with E-state index < -0.39 is 0 Å². The van der Waals surface area contributed by atoms with Gasteiger partial charge in [-0.2, -0.15) is 0 Å². The number of hydrogen-bond donors (Lipinski definition) is 0. The Kier molecular flexibility index (Phi) is 6.37. The first-order chi connectivity index (χ1) is 9.24. The summed E-state index contributed by atoms with van der Waals surface area (Å²) in [7, 11) is 0. The van der Waals surface area contributed by atoms with Gasteiger partial charge in [-0.1, -0.05) is 50.9 Å². The van der Waals surface area contributed by atoms with Gasteiger partial charge in [-0.25, -0.2) is 0 Å². The van der Waals surface area contributed by atoms with E-state index in [1.54, 1.807) is 4.99 Å². The highest BCUT2D eigenvalue weighted by molar-refractivity contribution is 9.11. The molecule has 0 saturated carbocycles. The Hall–Kier alpha value is 0.140. The molecule has 106 valence electrons. The molecule has 0 N–H and O–H groups in total. The van der Waals surface area contributed by atoms with E-state index in [1.807, 2.05) is 6.08 Å². The molecule has 2 aliphatic heterocycles. The molecule has 4 heteroatoms. The number of ether oxygens (including phenoxy) is 2. The van der Waals surface area contributed by atoms with Crippen molar-refractivity contribution in [2.45, 2.75) is 61.9 Å². The third kappa shape index (κ3) is 4.30. The number of allylic oxidation sites excluding steroid dienone is 1. The molecule has 2 heterocycles. The zero-order chi connectivity index (χ0) is 13.7. The summed E-state index contributed by atoms with van der Waals surface area (Å²) < 4.78 is 12.3. The highest BCUT2D eigenvalue weighted by atomic mass is 79.9. The molecule has 0 aromatic carbocycles. The van der Waals surface area contributed by atoms with E-state index in [-0.39, 0.29) is 24.4 Å². The summed E-state index contributed by atoms with van der Waals surface area (Å²) in [6, 6.07) is 0. The minimum Gasteiger partial charge on any atom is -0.371 e. The minimum atomic E-state index is 0.114. The lowest BCUT2D eigenvalue weighted by Gasteiger charge is -2.26. The summed E-state index contributed by atoms with van der Waals surface area (Å²) in [4.78, 5) is 2.12. The Labute approximate surface area is 132 Å². The van der Waals surface area contributed by atoms with Crippen molar-refractivity contribution in [1.82, 2.24) is 0 Å². The van der Waals surface area contributed by atoms with Crippen molar-refractivity contribution in [2.24, 2.45) is 0 Å². The number of hydrogen-bond acceptors (Lipinski definition) is 2. The van der Waals surface area contributed by atoms with Crippen molar-refractivity contribution in [3.8, 4) is 0 Å². The molecule has 0 radical (unpaired) electrons. The van der Waals surface area contributed by atoms with Crippen molar-refractivity contribution < 1.29 is 9.47 Å². The zero-order valence-electron chi connectivity index (χ0n) is 11.1. The fraction of sp³-hybridized carbons (Fsp3) is 0.667. The maximum absolute atomic E-state index is 6.29. The predicted octanol–water partition coefficient (Wildman–Crippen LogP) is 4.48. The van der Waals surface area contributed by atoms with E-state index in [9.17, 15) is 0 Å². The molecule has 5 atom stereocenters. The molecule has 19 heavy (non-hydrogen) atoms. The molecule has 0 spiro atoms. The summed E-state index contributed by atoms with van der Waals surface area (Å²) in [5.41, 5.74) is 3.04. The molecule has 2 aliphatic rings. The Bertz CT molecular complexity index is 374. The molecule has 0 bridgehead atoms. The lowest BCUT2D eigenvalue weighted by molar-refractivity contribution is -0.0522. The van der Waals surface area contributed by atoms with Crippen LogP contribution in [0.2, 0.25) is 0 Å². The molecule has 2 rings (SSSR count). The monoisotopic (exact) mass is 390 g/mol. The van der Waals surface area contributed by atoms with Crippen LogP contribution in [0.5, 0.6) is 0 Å². The molecule has 1 fully saturated rings. The van der Waals surface area contributed by atoms with Gasteiger partial charge in [0.15, 0.2) is 0 Å². The smallest absolute Gasteiger partial charge is 0.0880 e. The average molecular weight is 392 g/mol. The van der Waals surface area contributed by atoms with Crippen LogP contribution in [0.15, 0.2) is 28.9 Å². The van der Waals surface area contributed by atoms with Crippen LogP contribution in [0, 0.1) is 0 Å². The third-order valence-corrected chi connectivity index (χ3v) is 4.85. The van der Waals surface area contributed by atoms with Crippen molar-refractivity contribution in [3.05, 3.63) is 28.9 Å². The third-order valence-electron chi connectivity index (χ3n) is 3.63. The maximum Gasteiger partial charge on any atom is 0.0880 e. The van der Waals surface area contributed by atoms with Gasteiger partial charge in [0.05, 0.1) is 24.4 Å². The Morgan fingerprint density at radius 1 is 1.26 bits per heavy atom. The lowest BCUT2D eigenvalue weighted by atomic mass is 10.1. The quantitative estimate of drug-likeness (QED) is 0.392. The molecule has 1 saturated heterocycles. The van der Waals surface area contributed by atoms with Gasteiger partial charge in [0.25, 0.3) is 0 Å². The number of rotatable bonds is 2. The molecular formula is C15H20Br2O2. The topological polar surface area (TPSA) is 18.5 Å². The van der Waals surface area contributed by atoms with Crippen LogP contribution in [0.1, 0.15) is 32.6 Å². The van der Waals surface area contributed by atoms with Gasteiger partial charge in [-0.15, -0.1) is 5.73 Å². The van der Waals surface area contributed by atoms with Crippen LogP contribution in [-0.2, 0) is 9.47 Å². The summed E-state index contributed by atoms with van der Waals surface area (Å²) in [5, 5.41) is 0. The van der Waals surface area contributed by atoms with Crippen molar-refractivity contribution in [1.29, 1.82) is 0 Å². The summed E-state index contributed by atoms with van der Waals surface area (Å²) in [5.74, 6) is 0. The van der Waals surface area contributed by atoms with Crippen LogP contribution in [0.25, 0.3) is 0 Å². The van der Waals surface area contributed by atoms with Crippen LogP contribution < -0.4 is 0 Å². The summed E-state index contributed by atoms with van der Waals surface area (Å²) in [6.07, 6.45) is 11.0. The van der Waals surface area contributed by atoms with Gasteiger partial charge >= 0.3 is 0 Å². The van der Waals surface area contributed by atoms with E-state index in [4.69, 9.17) is 9.47 Å². The van der Waals surface area contributed by atoms with Gasteiger partial charge in [-0.05, 0) is 25.3 Å². The van der Waals surface area contributed by atoms with Gasteiger partial charge in [0.2, 0.25) is 0 Å². The number of fused-ring (bicyclic) bond motifs is 1. The van der Waals surface area contributed by atoms with Gasteiger partial charge < -0.3 is 9.47 Å². The normalized spacial score (nSPS) is 40.3.